The number of carbonyl (C=O) groups excluding carboxylic acids is 2. The predicted octanol–water partition coefficient (Wildman–Crippen LogP) is -0.727. The predicted molar refractivity (Wildman–Crippen MR) is 121 cm³/mol. The summed E-state index contributed by atoms with van der Waals surface area (Å²) in [6, 6.07) is 3.75. The van der Waals surface area contributed by atoms with Gasteiger partial charge in [-0.15, -0.1) is 12.4 Å². The van der Waals surface area contributed by atoms with E-state index in [2.05, 4.69) is 20.6 Å². The molecule has 31 heavy (non-hydrogen) atoms. The number of hydrogen-bond acceptors (Lipinski definition) is 6. The first-order valence-corrected chi connectivity index (χ1v) is 10.2. The molecule has 1 aliphatic rings. The smallest absolute Gasteiger partial charge is 0.426 e. The standard InChI is InChI=1S/C19H31BN6O4.ClH/c21-18(22)25-11-4-6-15(20(29)30)26-17(28)19(8-1-2-9-19)16(27)24-12-7-14-5-3-10-23-13-14;/h3,5,10,13,15,29-30H,1-2,4,6-9,11-12H2,(H,24,27)(H,26,28)(H4,21,22,25);1H/t15-;/m0./s1. The van der Waals surface area contributed by atoms with E-state index in [-0.39, 0.29) is 30.7 Å². The van der Waals surface area contributed by atoms with Crippen molar-refractivity contribution >= 4 is 37.3 Å². The molecule has 1 fully saturated rings. The van der Waals surface area contributed by atoms with Crippen LogP contribution in [0.5, 0.6) is 0 Å². The molecule has 1 atom stereocenters. The van der Waals surface area contributed by atoms with E-state index in [0.717, 1.165) is 18.4 Å². The maximum atomic E-state index is 13.0. The number of nitrogens with one attached hydrogen (secondary N) is 2. The Morgan fingerprint density at radius 2 is 1.97 bits per heavy atom. The van der Waals surface area contributed by atoms with Crippen LogP contribution in [0.2, 0.25) is 0 Å². The summed E-state index contributed by atoms with van der Waals surface area (Å²) in [5.74, 6) is -1.76. The average Bonchev–Trinajstić information content (AvgIpc) is 3.22. The van der Waals surface area contributed by atoms with E-state index in [0.29, 0.717) is 38.8 Å². The van der Waals surface area contributed by atoms with Crippen molar-refractivity contribution in [2.24, 2.45) is 21.9 Å². The van der Waals surface area contributed by atoms with Gasteiger partial charge in [-0.3, -0.25) is 19.6 Å². The Balaban J connectivity index is 0.00000480. The topological polar surface area (TPSA) is 176 Å². The van der Waals surface area contributed by atoms with Gasteiger partial charge in [-0.2, -0.15) is 0 Å². The van der Waals surface area contributed by atoms with Crippen molar-refractivity contribution in [1.29, 1.82) is 0 Å². The molecule has 0 spiro atoms. The molecule has 0 aliphatic heterocycles. The molecule has 172 valence electrons. The number of rotatable bonds is 11. The lowest BCUT2D eigenvalue weighted by atomic mass is 9.75. The molecule has 1 aromatic heterocycles. The van der Waals surface area contributed by atoms with Gasteiger partial charge in [0.15, 0.2) is 5.96 Å². The zero-order valence-electron chi connectivity index (χ0n) is 17.5. The van der Waals surface area contributed by atoms with Crippen molar-refractivity contribution in [3.63, 3.8) is 0 Å². The number of amides is 2. The van der Waals surface area contributed by atoms with Gasteiger partial charge in [-0.25, -0.2) is 0 Å². The second-order valence-electron chi connectivity index (χ2n) is 7.60. The van der Waals surface area contributed by atoms with Gasteiger partial charge in [0.05, 0.1) is 5.94 Å². The van der Waals surface area contributed by atoms with Crippen molar-refractivity contribution in [3.05, 3.63) is 30.1 Å². The summed E-state index contributed by atoms with van der Waals surface area (Å²) in [6.07, 6.45) is 7.13. The van der Waals surface area contributed by atoms with Crippen LogP contribution in [-0.4, -0.2) is 59.0 Å². The number of aromatic nitrogens is 1. The fourth-order valence-electron chi connectivity index (χ4n) is 3.69. The Kier molecular flexibility index (Phi) is 11.3. The van der Waals surface area contributed by atoms with E-state index in [4.69, 9.17) is 11.5 Å². The van der Waals surface area contributed by atoms with Crippen molar-refractivity contribution in [2.75, 3.05) is 13.1 Å². The average molecular weight is 455 g/mol. The highest BCUT2D eigenvalue weighted by Crippen LogP contribution is 2.38. The molecule has 2 amide bonds. The number of aliphatic imine (C=N–C) groups is 1. The van der Waals surface area contributed by atoms with Crippen LogP contribution in [0.3, 0.4) is 0 Å². The lowest BCUT2D eigenvalue weighted by Gasteiger charge is -2.29. The quantitative estimate of drug-likeness (QED) is 0.0839. The Labute approximate surface area is 188 Å². The van der Waals surface area contributed by atoms with Gasteiger partial charge in [0.1, 0.15) is 5.41 Å². The monoisotopic (exact) mass is 454 g/mol. The molecule has 1 aromatic rings. The molecule has 0 bridgehead atoms. The number of nitrogens with zero attached hydrogens (tertiary/aromatic N) is 2. The van der Waals surface area contributed by atoms with Crippen molar-refractivity contribution in [1.82, 2.24) is 15.6 Å². The summed E-state index contributed by atoms with van der Waals surface area (Å²) in [5.41, 5.74) is 10.3. The van der Waals surface area contributed by atoms with Crippen LogP contribution in [0.25, 0.3) is 0 Å². The number of guanidine groups is 1. The number of pyridine rings is 1. The number of hydrogen-bond donors (Lipinski definition) is 6. The van der Waals surface area contributed by atoms with Gasteiger partial charge in [-0.1, -0.05) is 18.9 Å². The Bertz CT molecular complexity index is 727. The minimum absolute atomic E-state index is 0. The molecule has 8 N–H and O–H groups in total. The molecule has 0 aromatic carbocycles. The lowest BCUT2D eigenvalue weighted by Crippen LogP contribution is -2.56. The minimum atomic E-state index is -1.75. The second-order valence-corrected chi connectivity index (χ2v) is 7.60. The van der Waals surface area contributed by atoms with Gasteiger partial charge in [0.2, 0.25) is 11.8 Å². The highest BCUT2D eigenvalue weighted by Gasteiger charge is 2.48. The summed E-state index contributed by atoms with van der Waals surface area (Å²) in [7, 11) is -1.75. The summed E-state index contributed by atoms with van der Waals surface area (Å²) in [5, 5.41) is 24.8. The van der Waals surface area contributed by atoms with E-state index >= 15 is 0 Å². The SMILES string of the molecule is Cl.NC(N)=NCCC[C@H](NC(=O)C1(C(=O)NCCc2cccnc2)CCCC1)B(O)O. The molecule has 12 heteroatoms. The van der Waals surface area contributed by atoms with Crippen molar-refractivity contribution in [2.45, 2.75) is 50.9 Å². The largest absolute Gasteiger partial charge is 0.475 e. The molecule has 0 saturated heterocycles. The van der Waals surface area contributed by atoms with E-state index in [1.54, 1.807) is 12.4 Å². The third-order valence-electron chi connectivity index (χ3n) is 5.39. The summed E-state index contributed by atoms with van der Waals surface area (Å²) >= 11 is 0. The molecule has 10 nitrogen and oxygen atoms in total. The van der Waals surface area contributed by atoms with Crippen LogP contribution < -0.4 is 22.1 Å². The summed E-state index contributed by atoms with van der Waals surface area (Å²) in [4.78, 5) is 33.8. The Morgan fingerprint density at radius 3 is 2.55 bits per heavy atom. The number of nitrogens with two attached hydrogens (primary N) is 2. The van der Waals surface area contributed by atoms with Gasteiger partial charge < -0.3 is 32.1 Å². The maximum absolute atomic E-state index is 13.0. The van der Waals surface area contributed by atoms with Crippen LogP contribution in [0.15, 0.2) is 29.5 Å². The Hall–Kier alpha value is -2.37. The molecule has 0 radical (unpaired) electrons. The van der Waals surface area contributed by atoms with Gasteiger partial charge in [-0.05, 0) is 43.7 Å². The number of halogens is 1. The van der Waals surface area contributed by atoms with E-state index < -0.39 is 24.4 Å². The molecule has 1 heterocycles. The molecule has 2 rings (SSSR count). The van der Waals surface area contributed by atoms with E-state index in [1.165, 1.54) is 0 Å². The highest BCUT2D eigenvalue weighted by atomic mass is 35.5. The summed E-state index contributed by atoms with van der Waals surface area (Å²) < 4.78 is 0. The zero-order chi connectivity index (χ0) is 22.0. The van der Waals surface area contributed by atoms with Crippen LogP contribution in [0.4, 0.5) is 0 Å². The maximum Gasteiger partial charge on any atom is 0.475 e. The summed E-state index contributed by atoms with van der Waals surface area (Å²) in [6.45, 7) is 0.700. The fourth-order valence-corrected chi connectivity index (χ4v) is 3.69. The third kappa shape index (κ3) is 8.00. The van der Waals surface area contributed by atoms with Crippen molar-refractivity contribution in [3.8, 4) is 0 Å². The highest BCUT2D eigenvalue weighted by molar-refractivity contribution is 6.43. The Morgan fingerprint density at radius 1 is 1.26 bits per heavy atom. The molecule has 1 aliphatic carbocycles. The normalized spacial score (nSPS) is 15.3. The van der Waals surface area contributed by atoms with Crippen LogP contribution in [-0.2, 0) is 16.0 Å². The second kappa shape index (κ2) is 13.1. The molecular weight excluding hydrogens is 423 g/mol. The van der Waals surface area contributed by atoms with Crippen LogP contribution in [0, 0.1) is 5.41 Å². The van der Waals surface area contributed by atoms with E-state index in [1.807, 2.05) is 12.1 Å². The number of carbonyl (C=O) groups is 2. The first-order chi connectivity index (χ1) is 14.3. The first-order valence-electron chi connectivity index (χ1n) is 10.2. The fraction of sp³-hybridized carbons (Fsp3) is 0.579. The lowest BCUT2D eigenvalue weighted by molar-refractivity contribution is -0.143. The molecule has 1 saturated carbocycles. The van der Waals surface area contributed by atoms with Gasteiger partial charge in [0.25, 0.3) is 0 Å². The molecule has 0 unspecified atom stereocenters. The first kappa shape index (κ1) is 26.7. The van der Waals surface area contributed by atoms with Crippen LogP contribution in [0.1, 0.15) is 44.1 Å². The molecular formula is C19H32BClN6O4. The zero-order valence-corrected chi connectivity index (χ0v) is 18.3. The van der Waals surface area contributed by atoms with E-state index in [9.17, 15) is 19.6 Å². The third-order valence-corrected chi connectivity index (χ3v) is 5.39. The van der Waals surface area contributed by atoms with Crippen molar-refractivity contribution < 1.29 is 19.6 Å². The van der Waals surface area contributed by atoms with Crippen LogP contribution >= 0.6 is 12.4 Å². The van der Waals surface area contributed by atoms with Gasteiger partial charge in [0, 0.05) is 25.5 Å². The van der Waals surface area contributed by atoms with Gasteiger partial charge >= 0.3 is 7.12 Å². The minimum Gasteiger partial charge on any atom is -0.426 e.